The van der Waals surface area contributed by atoms with Crippen molar-refractivity contribution < 1.29 is 9.59 Å². The van der Waals surface area contributed by atoms with Gasteiger partial charge in [0.2, 0.25) is 5.91 Å². The number of rotatable bonds is 2. The van der Waals surface area contributed by atoms with E-state index in [1.54, 1.807) is 24.5 Å². The van der Waals surface area contributed by atoms with Crippen molar-refractivity contribution >= 4 is 34.0 Å². The number of nitrogens with zero attached hydrogens (tertiary/aromatic N) is 2. The fraction of sp³-hybridized carbons (Fsp3) is 0.214. The maximum atomic E-state index is 11.9. The van der Waals surface area contributed by atoms with Crippen LogP contribution in [0.15, 0.2) is 30.6 Å². The molecule has 0 aliphatic carbocycles. The van der Waals surface area contributed by atoms with Crippen LogP contribution in [0.2, 0.25) is 0 Å². The minimum atomic E-state index is -0.528. The van der Waals surface area contributed by atoms with E-state index < -0.39 is 6.04 Å². The number of hydrogen-bond donors (Lipinski definition) is 2. The Kier molecular flexibility index (Phi) is 2.78. The number of likely N-dealkylation sites (tertiary alicyclic amines) is 1. The van der Waals surface area contributed by atoms with Gasteiger partial charge in [-0.05, 0) is 18.2 Å². The van der Waals surface area contributed by atoms with Crippen LogP contribution in [0.4, 0.5) is 11.4 Å². The largest absolute Gasteiger partial charge is 0.398 e. The molecule has 20 heavy (non-hydrogen) atoms. The molecule has 102 valence electrons. The number of likely N-dealkylation sites (N-methyl/N-ethyl adjacent to an activating group) is 1. The van der Waals surface area contributed by atoms with Gasteiger partial charge >= 0.3 is 0 Å². The second-order valence-corrected chi connectivity index (χ2v) is 4.82. The van der Waals surface area contributed by atoms with Crippen LogP contribution >= 0.6 is 0 Å². The number of imide groups is 1. The van der Waals surface area contributed by atoms with Crippen molar-refractivity contribution in [2.24, 2.45) is 0 Å². The normalized spacial score (nSPS) is 18.9. The van der Waals surface area contributed by atoms with Crippen molar-refractivity contribution in [3.8, 4) is 0 Å². The molecule has 1 saturated heterocycles. The Morgan fingerprint density at radius 3 is 2.80 bits per heavy atom. The fourth-order valence-electron chi connectivity index (χ4n) is 2.40. The Morgan fingerprint density at radius 1 is 1.30 bits per heavy atom. The first-order valence-corrected chi connectivity index (χ1v) is 6.27. The maximum absolute atomic E-state index is 11.9. The van der Waals surface area contributed by atoms with E-state index in [-0.39, 0.29) is 18.2 Å². The standard InChI is InChI=1S/C14H14N4O2/c1-18-13(19)6-12(14(18)20)17-11-3-2-10(15)8-4-5-16-7-9(8)11/h2-5,7,12,17H,6,15H2,1H3. The van der Waals surface area contributed by atoms with Gasteiger partial charge in [0.1, 0.15) is 6.04 Å². The molecule has 0 spiro atoms. The van der Waals surface area contributed by atoms with Gasteiger partial charge in [0.05, 0.1) is 6.42 Å². The van der Waals surface area contributed by atoms with Crippen LogP contribution in [0, 0.1) is 0 Å². The van der Waals surface area contributed by atoms with Gasteiger partial charge in [-0.2, -0.15) is 0 Å². The highest BCUT2D eigenvalue weighted by Crippen LogP contribution is 2.29. The smallest absolute Gasteiger partial charge is 0.251 e. The third-order valence-electron chi connectivity index (χ3n) is 3.56. The van der Waals surface area contributed by atoms with E-state index in [0.717, 1.165) is 21.4 Å². The van der Waals surface area contributed by atoms with Gasteiger partial charge in [-0.1, -0.05) is 0 Å². The van der Waals surface area contributed by atoms with E-state index in [4.69, 9.17) is 5.73 Å². The van der Waals surface area contributed by atoms with Crippen molar-refractivity contribution in [1.82, 2.24) is 9.88 Å². The lowest BCUT2D eigenvalue weighted by atomic mass is 10.1. The summed E-state index contributed by atoms with van der Waals surface area (Å²) in [6.07, 6.45) is 3.53. The highest BCUT2D eigenvalue weighted by molar-refractivity contribution is 6.08. The van der Waals surface area contributed by atoms with Crippen molar-refractivity contribution in [3.05, 3.63) is 30.6 Å². The Balaban J connectivity index is 1.98. The van der Waals surface area contributed by atoms with E-state index >= 15 is 0 Å². The molecule has 3 rings (SSSR count). The summed E-state index contributed by atoms with van der Waals surface area (Å²) in [7, 11) is 1.50. The average molecular weight is 270 g/mol. The van der Waals surface area contributed by atoms with E-state index in [2.05, 4.69) is 10.3 Å². The molecule has 6 heteroatoms. The molecular weight excluding hydrogens is 256 g/mol. The highest BCUT2D eigenvalue weighted by atomic mass is 16.2. The summed E-state index contributed by atoms with van der Waals surface area (Å²) >= 11 is 0. The second kappa shape index (κ2) is 4.48. The van der Waals surface area contributed by atoms with Crippen LogP contribution in [-0.4, -0.2) is 34.8 Å². The van der Waals surface area contributed by atoms with Gasteiger partial charge in [-0.15, -0.1) is 0 Å². The predicted octanol–water partition coefficient (Wildman–Crippen LogP) is 0.986. The highest BCUT2D eigenvalue weighted by Gasteiger charge is 2.36. The molecule has 1 atom stereocenters. The predicted molar refractivity (Wildman–Crippen MR) is 76.0 cm³/mol. The summed E-state index contributed by atoms with van der Waals surface area (Å²) in [6, 6.07) is 4.87. The number of amides is 2. The molecular formula is C14H14N4O2. The molecule has 1 aromatic carbocycles. The number of pyridine rings is 1. The topological polar surface area (TPSA) is 88.3 Å². The number of nitrogen functional groups attached to an aromatic ring is 1. The molecule has 0 bridgehead atoms. The third-order valence-corrected chi connectivity index (χ3v) is 3.56. The number of nitrogens with two attached hydrogens (primary N) is 1. The number of benzene rings is 1. The first-order chi connectivity index (χ1) is 9.58. The number of nitrogens with one attached hydrogen (secondary N) is 1. The van der Waals surface area contributed by atoms with Crippen LogP contribution in [0.5, 0.6) is 0 Å². The first kappa shape index (κ1) is 12.4. The Bertz CT molecular complexity index is 713. The van der Waals surface area contributed by atoms with Gasteiger partial charge in [-0.3, -0.25) is 19.5 Å². The van der Waals surface area contributed by atoms with Gasteiger partial charge in [0.25, 0.3) is 5.91 Å². The molecule has 1 fully saturated rings. The molecule has 6 nitrogen and oxygen atoms in total. The van der Waals surface area contributed by atoms with Gasteiger partial charge < -0.3 is 11.1 Å². The average Bonchev–Trinajstić information content (AvgIpc) is 2.70. The lowest BCUT2D eigenvalue weighted by molar-refractivity contribution is -0.136. The molecule has 0 radical (unpaired) electrons. The summed E-state index contributed by atoms with van der Waals surface area (Å²) in [5.74, 6) is -0.394. The molecule has 3 N–H and O–H groups in total. The zero-order chi connectivity index (χ0) is 14.3. The van der Waals surface area contributed by atoms with Gasteiger partial charge in [0, 0.05) is 41.6 Å². The first-order valence-electron chi connectivity index (χ1n) is 6.27. The zero-order valence-electron chi connectivity index (χ0n) is 11.0. The second-order valence-electron chi connectivity index (χ2n) is 4.82. The van der Waals surface area contributed by atoms with Crippen molar-refractivity contribution in [1.29, 1.82) is 0 Å². The number of carbonyl (C=O) groups is 2. The minimum absolute atomic E-state index is 0.168. The van der Waals surface area contributed by atoms with E-state index in [1.807, 2.05) is 6.07 Å². The van der Waals surface area contributed by atoms with Crippen LogP contribution in [0.25, 0.3) is 10.8 Å². The lowest BCUT2D eigenvalue weighted by Gasteiger charge is -2.15. The Labute approximate surface area is 115 Å². The molecule has 2 amide bonds. The van der Waals surface area contributed by atoms with Crippen LogP contribution in [0.3, 0.4) is 0 Å². The van der Waals surface area contributed by atoms with Crippen LogP contribution < -0.4 is 11.1 Å². The Hall–Kier alpha value is -2.63. The quantitative estimate of drug-likeness (QED) is 0.627. The fourth-order valence-corrected chi connectivity index (χ4v) is 2.40. The maximum Gasteiger partial charge on any atom is 0.251 e. The molecule has 1 unspecified atom stereocenters. The number of fused-ring (bicyclic) bond motifs is 1. The summed E-state index contributed by atoms with van der Waals surface area (Å²) in [6.45, 7) is 0. The van der Waals surface area contributed by atoms with Crippen molar-refractivity contribution in [2.45, 2.75) is 12.5 Å². The number of aromatic nitrogens is 1. The molecule has 1 aromatic heterocycles. The summed E-state index contributed by atoms with van der Waals surface area (Å²) < 4.78 is 0. The summed E-state index contributed by atoms with van der Waals surface area (Å²) in [4.78, 5) is 28.7. The van der Waals surface area contributed by atoms with Crippen LogP contribution in [-0.2, 0) is 9.59 Å². The monoisotopic (exact) mass is 270 g/mol. The van der Waals surface area contributed by atoms with E-state index in [1.165, 1.54) is 7.05 Å². The number of hydrogen-bond acceptors (Lipinski definition) is 5. The number of carbonyl (C=O) groups excluding carboxylic acids is 2. The van der Waals surface area contributed by atoms with E-state index in [0.29, 0.717) is 5.69 Å². The lowest BCUT2D eigenvalue weighted by Crippen LogP contribution is -2.31. The molecule has 1 aliphatic rings. The van der Waals surface area contributed by atoms with Crippen LogP contribution in [0.1, 0.15) is 6.42 Å². The van der Waals surface area contributed by atoms with Crippen molar-refractivity contribution in [2.75, 3.05) is 18.1 Å². The zero-order valence-corrected chi connectivity index (χ0v) is 11.0. The van der Waals surface area contributed by atoms with Gasteiger partial charge in [-0.25, -0.2) is 0 Å². The third kappa shape index (κ3) is 1.85. The van der Waals surface area contributed by atoms with Gasteiger partial charge in [0.15, 0.2) is 0 Å². The SMILES string of the molecule is CN1C(=O)CC(Nc2ccc(N)c3ccncc23)C1=O. The number of anilines is 2. The summed E-state index contributed by atoms with van der Waals surface area (Å²) in [5, 5.41) is 4.82. The van der Waals surface area contributed by atoms with Crippen molar-refractivity contribution in [3.63, 3.8) is 0 Å². The molecule has 0 saturated carbocycles. The molecule has 1 aliphatic heterocycles. The summed E-state index contributed by atoms with van der Waals surface area (Å²) in [5.41, 5.74) is 7.33. The molecule has 2 heterocycles. The minimum Gasteiger partial charge on any atom is -0.398 e. The Morgan fingerprint density at radius 2 is 2.10 bits per heavy atom. The van der Waals surface area contributed by atoms with E-state index in [9.17, 15) is 9.59 Å². The molecule has 2 aromatic rings.